The van der Waals surface area contributed by atoms with Gasteiger partial charge in [0.05, 0.1) is 27.2 Å². The molecule has 0 aliphatic rings. The Hall–Kier alpha value is -2.76. The summed E-state index contributed by atoms with van der Waals surface area (Å²) >= 11 is 5.83. The second-order valence-electron chi connectivity index (χ2n) is 7.15. The minimum Gasteiger partial charge on any atom is -0.386 e. The largest absolute Gasteiger partial charge is 0.386 e. The number of rotatable bonds is 3. The maximum Gasteiger partial charge on any atom is 0.152 e. The molecule has 4 rings (SSSR count). The maximum absolute atomic E-state index is 14.4. The van der Waals surface area contributed by atoms with E-state index in [1.54, 1.807) is 38.4 Å². The fraction of sp³-hybridized carbons (Fsp3) is 0.136. The minimum absolute atomic E-state index is 0.131. The molecule has 0 saturated carbocycles. The van der Waals surface area contributed by atoms with Gasteiger partial charge in [0.15, 0.2) is 5.82 Å². The second kappa shape index (κ2) is 6.69. The molecule has 1 aromatic heterocycles. The van der Waals surface area contributed by atoms with Crippen LogP contribution >= 0.6 is 11.6 Å². The number of imidazole rings is 1. The Morgan fingerprint density at radius 1 is 1.04 bits per heavy atom. The molecule has 142 valence electrons. The lowest BCUT2D eigenvalue weighted by Gasteiger charge is -2.17. The monoisotopic (exact) mass is 398 g/mol. The summed E-state index contributed by atoms with van der Waals surface area (Å²) in [4.78, 5) is 4.40. The average molecular weight is 399 g/mol. The molecule has 0 fully saturated rings. The fourth-order valence-electron chi connectivity index (χ4n) is 3.20. The highest BCUT2D eigenvalue weighted by Gasteiger charge is 2.18. The first kappa shape index (κ1) is 18.6. The molecule has 3 aromatic carbocycles. The summed E-state index contributed by atoms with van der Waals surface area (Å²) in [5.74, 6) is -1.46. The van der Waals surface area contributed by atoms with Crippen LogP contribution < -0.4 is 0 Å². The second-order valence-corrected chi connectivity index (χ2v) is 7.55. The first-order chi connectivity index (χ1) is 13.3. The standard InChI is InChI=1S/C22H17ClF2N2O/c1-22(2,28)14-6-9-19-18(11-14)26-12-27(19)15-5-3-4-13(10-15)20-17(24)8-7-16(23)21(20)25/h3-12,28H,1-2H3. The Bertz CT molecular complexity index is 1200. The molecule has 0 amide bonds. The van der Waals surface area contributed by atoms with E-state index < -0.39 is 17.2 Å². The van der Waals surface area contributed by atoms with Crippen LogP contribution in [0.3, 0.4) is 0 Å². The van der Waals surface area contributed by atoms with Crippen molar-refractivity contribution in [1.29, 1.82) is 0 Å². The zero-order chi connectivity index (χ0) is 20.1. The highest BCUT2D eigenvalue weighted by molar-refractivity contribution is 6.31. The van der Waals surface area contributed by atoms with Crippen LogP contribution in [0.5, 0.6) is 0 Å². The zero-order valence-corrected chi connectivity index (χ0v) is 16.0. The Labute approximate surface area is 165 Å². The Balaban J connectivity index is 1.84. The molecule has 0 radical (unpaired) electrons. The molecular formula is C22H17ClF2N2O. The predicted molar refractivity (Wildman–Crippen MR) is 107 cm³/mol. The van der Waals surface area contributed by atoms with Crippen LogP contribution in [0.1, 0.15) is 19.4 Å². The van der Waals surface area contributed by atoms with Crippen LogP contribution in [0.4, 0.5) is 8.78 Å². The third-order valence-corrected chi connectivity index (χ3v) is 5.00. The summed E-state index contributed by atoms with van der Waals surface area (Å²) in [7, 11) is 0. The smallest absolute Gasteiger partial charge is 0.152 e. The van der Waals surface area contributed by atoms with E-state index in [9.17, 15) is 13.9 Å². The number of nitrogens with zero attached hydrogens (tertiary/aromatic N) is 2. The molecular weight excluding hydrogens is 382 g/mol. The minimum atomic E-state index is -0.973. The van der Waals surface area contributed by atoms with Gasteiger partial charge in [-0.3, -0.25) is 4.57 Å². The van der Waals surface area contributed by atoms with Gasteiger partial charge in [-0.1, -0.05) is 29.8 Å². The van der Waals surface area contributed by atoms with Crippen LogP contribution in [0.2, 0.25) is 5.02 Å². The van der Waals surface area contributed by atoms with E-state index in [4.69, 9.17) is 11.6 Å². The molecule has 0 unspecified atom stereocenters. The lowest BCUT2D eigenvalue weighted by atomic mass is 9.98. The summed E-state index contributed by atoms with van der Waals surface area (Å²) in [6, 6.07) is 14.7. The number of aliphatic hydroxyl groups is 1. The maximum atomic E-state index is 14.4. The van der Waals surface area contributed by atoms with Crippen LogP contribution in [-0.2, 0) is 5.60 Å². The highest BCUT2D eigenvalue weighted by Crippen LogP contribution is 2.32. The number of hydrogen-bond acceptors (Lipinski definition) is 2. The van der Waals surface area contributed by atoms with E-state index in [0.29, 0.717) is 16.8 Å². The molecule has 3 nitrogen and oxygen atoms in total. The van der Waals surface area contributed by atoms with E-state index in [2.05, 4.69) is 4.98 Å². The summed E-state index contributed by atoms with van der Waals surface area (Å²) in [5, 5.41) is 10.1. The van der Waals surface area contributed by atoms with Crippen molar-refractivity contribution in [3.63, 3.8) is 0 Å². The molecule has 1 N–H and O–H groups in total. The molecule has 0 aliphatic heterocycles. The van der Waals surface area contributed by atoms with E-state index >= 15 is 0 Å². The Morgan fingerprint density at radius 2 is 1.82 bits per heavy atom. The molecule has 0 atom stereocenters. The average Bonchev–Trinajstić information content (AvgIpc) is 3.08. The van der Waals surface area contributed by atoms with Crippen LogP contribution in [0.25, 0.3) is 27.8 Å². The van der Waals surface area contributed by atoms with Crippen LogP contribution in [0.15, 0.2) is 60.9 Å². The molecule has 28 heavy (non-hydrogen) atoms. The van der Waals surface area contributed by atoms with Gasteiger partial charge in [0, 0.05) is 5.69 Å². The van der Waals surface area contributed by atoms with Gasteiger partial charge in [-0.25, -0.2) is 13.8 Å². The van der Waals surface area contributed by atoms with Crippen LogP contribution in [0, 0.1) is 11.6 Å². The third-order valence-electron chi connectivity index (χ3n) is 4.71. The Morgan fingerprint density at radius 3 is 2.57 bits per heavy atom. The normalized spacial score (nSPS) is 11.9. The van der Waals surface area contributed by atoms with Crippen molar-refractivity contribution >= 4 is 22.6 Å². The lowest BCUT2D eigenvalue weighted by molar-refractivity contribution is 0.0787. The van der Waals surface area contributed by atoms with E-state index in [1.807, 2.05) is 28.8 Å². The number of fused-ring (bicyclic) bond motifs is 1. The molecule has 4 aromatic rings. The molecule has 6 heteroatoms. The zero-order valence-electron chi connectivity index (χ0n) is 15.2. The van der Waals surface area contributed by atoms with Gasteiger partial charge in [-0.15, -0.1) is 0 Å². The van der Waals surface area contributed by atoms with E-state index in [1.165, 1.54) is 6.07 Å². The van der Waals surface area contributed by atoms with Gasteiger partial charge >= 0.3 is 0 Å². The quantitative estimate of drug-likeness (QED) is 0.439. The van der Waals surface area contributed by atoms with Gasteiger partial charge in [0.25, 0.3) is 0 Å². The first-order valence-corrected chi connectivity index (χ1v) is 9.08. The first-order valence-electron chi connectivity index (χ1n) is 8.70. The SMILES string of the molecule is CC(C)(O)c1ccc2c(c1)ncn2-c1cccc(-c2c(F)ccc(Cl)c2F)c1. The van der Waals surface area contributed by atoms with Crippen molar-refractivity contribution in [2.24, 2.45) is 0 Å². The topological polar surface area (TPSA) is 38.1 Å². The molecule has 1 heterocycles. The van der Waals surface area contributed by atoms with Crippen LogP contribution in [-0.4, -0.2) is 14.7 Å². The van der Waals surface area contributed by atoms with E-state index in [-0.39, 0.29) is 10.6 Å². The van der Waals surface area contributed by atoms with Gasteiger partial charge in [0.2, 0.25) is 0 Å². The number of halogens is 3. The summed E-state index contributed by atoms with van der Waals surface area (Å²) in [6.45, 7) is 3.42. The molecule has 0 bridgehead atoms. The van der Waals surface area contributed by atoms with E-state index in [0.717, 1.165) is 17.1 Å². The van der Waals surface area contributed by atoms with Gasteiger partial charge in [-0.05, 0) is 61.4 Å². The van der Waals surface area contributed by atoms with Crippen molar-refractivity contribution in [2.45, 2.75) is 19.4 Å². The highest BCUT2D eigenvalue weighted by atomic mass is 35.5. The summed E-state index contributed by atoms with van der Waals surface area (Å²) in [6.07, 6.45) is 1.64. The van der Waals surface area contributed by atoms with Crippen molar-refractivity contribution in [1.82, 2.24) is 9.55 Å². The summed E-state index contributed by atoms with van der Waals surface area (Å²) in [5.41, 5.74) is 2.23. The van der Waals surface area contributed by atoms with Gasteiger partial charge in [-0.2, -0.15) is 0 Å². The predicted octanol–water partition coefficient (Wildman–Crippen LogP) is 5.85. The summed E-state index contributed by atoms with van der Waals surface area (Å²) < 4.78 is 30.5. The van der Waals surface area contributed by atoms with Crippen molar-refractivity contribution in [3.05, 3.63) is 83.1 Å². The molecule has 0 spiro atoms. The fourth-order valence-corrected chi connectivity index (χ4v) is 3.36. The van der Waals surface area contributed by atoms with Crippen molar-refractivity contribution < 1.29 is 13.9 Å². The van der Waals surface area contributed by atoms with Gasteiger partial charge in [0.1, 0.15) is 12.1 Å². The number of aromatic nitrogens is 2. The van der Waals surface area contributed by atoms with Gasteiger partial charge < -0.3 is 5.11 Å². The Kier molecular flexibility index (Phi) is 4.44. The molecule has 0 saturated heterocycles. The lowest BCUT2D eigenvalue weighted by Crippen LogP contribution is -2.15. The number of benzene rings is 3. The molecule has 0 aliphatic carbocycles. The third kappa shape index (κ3) is 3.17. The van der Waals surface area contributed by atoms with Crippen molar-refractivity contribution in [2.75, 3.05) is 0 Å². The number of hydrogen-bond donors (Lipinski definition) is 1. The van der Waals surface area contributed by atoms with Crippen molar-refractivity contribution in [3.8, 4) is 16.8 Å².